The maximum atomic E-state index is 5.12. The highest BCUT2D eigenvalue weighted by Crippen LogP contribution is 2.18. The Kier molecular flexibility index (Phi) is 8.44. The Morgan fingerprint density at radius 3 is 2.67 bits per heavy atom. The standard InChI is InChI=1S/C13H20N2.C11H9N3S/c1-14-13(10-15-12-7-8-12)9-11-5-3-2-4-6-11;1-12-14-11(15)9-2-3-10-7-13-5-4-8(10)6-9/h2-6,12-15H,7-10H2,1H3;2-7H,1H2,(H,14,15). The first-order chi connectivity index (χ1) is 14.7. The summed E-state index contributed by atoms with van der Waals surface area (Å²) in [6.07, 6.45) is 7.41. The molecule has 0 bridgehead atoms. The summed E-state index contributed by atoms with van der Waals surface area (Å²) in [7, 11) is 2.04. The predicted molar refractivity (Wildman–Crippen MR) is 130 cm³/mol. The van der Waals surface area contributed by atoms with Crippen LogP contribution in [-0.2, 0) is 6.42 Å². The van der Waals surface area contributed by atoms with E-state index in [1.165, 1.54) is 18.4 Å². The Hall–Kier alpha value is -2.67. The van der Waals surface area contributed by atoms with E-state index in [0.29, 0.717) is 11.0 Å². The minimum atomic E-state index is 0.549. The first kappa shape index (κ1) is 22.0. The number of rotatable bonds is 8. The third-order valence-electron chi connectivity index (χ3n) is 5.05. The molecule has 1 saturated carbocycles. The highest BCUT2D eigenvalue weighted by molar-refractivity contribution is 7.80. The van der Waals surface area contributed by atoms with Gasteiger partial charge in [0, 0.05) is 48.7 Å². The van der Waals surface area contributed by atoms with E-state index >= 15 is 0 Å². The van der Waals surface area contributed by atoms with Gasteiger partial charge in [0.2, 0.25) is 0 Å². The predicted octanol–water partition coefficient (Wildman–Crippen LogP) is 3.68. The van der Waals surface area contributed by atoms with E-state index in [1.54, 1.807) is 6.20 Å². The molecule has 1 fully saturated rings. The van der Waals surface area contributed by atoms with Gasteiger partial charge in [-0.05, 0) is 49.4 Å². The number of hydrazone groups is 1. The van der Waals surface area contributed by atoms with Gasteiger partial charge in [-0.2, -0.15) is 5.10 Å². The number of likely N-dealkylation sites (N-methyl/N-ethyl adjacent to an activating group) is 1. The number of hydrogen-bond acceptors (Lipinski definition) is 5. The van der Waals surface area contributed by atoms with Crippen LogP contribution < -0.4 is 16.1 Å². The van der Waals surface area contributed by atoms with Crippen LogP contribution >= 0.6 is 12.2 Å². The van der Waals surface area contributed by atoms with Crippen molar-refractivity contribution in [3.05, 3.63) is 78.1 Å². The van der Waals surface area contributed by atoms with Crippen molar-refractivity contribution in [1.82, 2.24) is 21.0 Å². The molecule has 0 saturated heterocycles. The molecule has 1 heterocycles. The molecule has 3 aromatic rings. The second-order valence-corrected chi connectivity index (χ2v) is 7.80. The van der Waals surface area contributed by atoms with Gasteiger partial charge in [-0.25, -0.2) is 0 Å². The van der Waals surface area contributed by atoms with Crippen molar-refractivity contribution in [3.8, 4) is 0 Å². The highest BCUT2D eigenvalue weighted by atomic mass is 32.1. The SMILES string of the molecule is C=NNC(=S)c1ccc2cnccc2c1.CNC(CNC1CC1)Cc1ccccc1. The molecule has 0 radical (unpaired) electrons. The molecule has 30 heavy (non-hydrogen) atoms. The summed E-state index contributed by atoms with van der Waals surface area (Å²) in [6, 6.07) is 19.9. The van der Waals surface area contributed by atoms with Crippen molar-refractivity contribution in [3.63, 3.8) is 0 Å². The van der Waals surface area contributed by atoms with Crippen molar-refractivity contribution in [2.75, 3.05) is 13.6 Å². The van der Waals surface area contributed by atoms with Gasteiger partial charge >= 0.3 is 0 Å². The Morgan fingerprint density at radius 1 is 1.17 bits per heavy atom. The number of hydrogen-bond donors (Lipinski definition) is 3. The van der Waals surface area contributed by atoms with Gasteiger partial charge in [0.25, 0.3) is 0 Å². The van der Waals surface area contributed by atoms with E-state index in [-0.39, 0.29) is 0 Å². The summed E-state index contributed by atoms with van der Waals surface area (Å²) in [6.45, 7) is 4.41. The summed E-state index contributed by atoms with van der Waals surface area (Å²) in [5.74, 6) is 0. The number of pyridine rings is 1. The van der Waals surface area contributed by atoms with Crippen LogP contribution in [0.3, 0.4) is 0 Å². The molecule has 0 aliphatic heterocycles. The molecule has 5 nitrogen and oxygen atoms in total. The normalized spacial score (nSPS) is 13.8. The molecule has 0 spiro atoms. The van der Waals surface area contributed by atoms with E-state index in [0.717, 1.165) is 35.3 Å². The Bertz CT molecular complexity index is 956. The van der Waals surface area contributed by atoms with Crippen LogP contribution in [0.2, 0.25) is 0 Å². The van der Waals surface area contributed by atoms with Gasteiger partial charge < -0.3 is 10.6 Å². The van der Waals surface area contributed by atoms with Gasteiger partial charge in [-0.15, -0.1) is 0 Å². The third-order valence-corrected chi connectivity index (χ3v) is 5.37. The monoisotopic (exact) mass is 419 g/mol. The lowest BCUT2D eigenvalue weighted by Gasteiger charge is -2.16. The second-order valence-electron chi connectivity index (χ2n) is 7.39. The molecule has 0 amide bonds. The molecule has 1 aliphatic carbocycles. The average Bonchev–Trinajstić information content (AvgIpc) is 3.62. The van der Waals surface area contributed by atoms with Gasteiger partial charge in [0.05, 0.1) is 0 Å². The van der Waals surface area contributed by atoms with Gasteiger partial charge in [0.1, 0.15) is 4.99 Å². The fourth-order valence-electron chi connectivity index (χ4n) is 3.13. The number of fused-ring (bicyclic) bond motifs is 1. The Morgan fingerprint density at radius 2 is 1.97 bits per heavy atom. The maximum Gasteiger partial charge on any atom is 0.126 e. The van der Waals surface area contributed by atoms with Crippen LogP contribution in [0.25, 0.3) is 10.8 Å². The maximum absolute atomic E-state index is 5.12. The number of nitrogens with one attached hydrogen (secondary N) is 3. The zero-order valence-electron chi connectivity index (χ0n) is 17.3. The quantitative estimate of drug-likeness (QED) is 0.295. The first-order valence-electron chi connectivity index (χ1n) is 10.2. The van der Waals surface area contributed by atoms with Crippen LogP contribution in [-0.4, -0.2) is 42.4 Å². The number of thiocarbonyl (C=S) groups is 1. The number of aromatic nitrogens is 1. The van der Waals surface area contributed by atoms with E-state index in [2.05, 4.69) is 63.2 Å². The van der Waals surface area contributed by atoms with Gasteiger partial charge in [-0.1, -0.05) is 54.7 Å². The number of nitrogens with zero attached hydrogens (tertiary/aromatic N) is 2. The molecule has 156 valence electrons. The molecular formula is C24H29N5S. The summed E-state index contributed by atoms with van der Waals surface area (Å²) in [4.78, 5) is 4.62. The van der Waals surface area contributed by atoms with Gasteiger partial charge in [0.15, 0.2) is 0 Å². The fourth-order valence-corrected chi connectivity index (χ4v) is 3.32. The summed E-state index contributed by atoms with van der Waals surface area (Å²) in [5, 5.41) is 12.7. The minimum Gasteiger partial charge on any atom is -0.315 e. The summed E-state index contributed by atoms with van der Waals surface area (Å²) in [5.41, 5.74) is 4.99. The highest BCUT2D eigenvalue weighted by Gasteiger charge is 2.21. The van der Waals surface area contributed by atoms with Crippen LogP contribution in [0.1, 0.15) is 24.0 Å². The molecule has 1 aliphatic rings. The first-order valence-corrected chi connectivity index (χ1v) is 10.6. The zero-order chi connectivity index (χ0) is 21.2. The second kappa shape index (κ2) is 11.5. The molecule has 3 N–H and O–H groups in total. The van der Waals surface area contributed by atoms with Crippen LogP contribution in [0.15, 0.2) is 72.1 Å². The molecule has 4 rings (SSSR count). The van der Waals surface area contributed by atoms with Crippen LogP contribution in [0.5, 0.6) is 0 Å². The number of benzene rings is 2. The topological polar surface area (TPSA) is 61.3 Å². The molecule has 2 aromatic carbocycles. The third kappa shape index (κ3) is 6.99. The molecule has 1 atom stereocenters. The molecule has 1 aromatic heterocycles. The van der Waals surface area contributed by atoms with Gasteiger partial charge in [-0.3, -0.25) is 10.4 Å². The van der Waals surface area contributed by atoms with E-state index in [4.69, 9.17) is 12.2 Å². The lowest BCUT2D eigenvalue weighted by Crippen LogP contribution is -2.39. The zero-order valence-corrected chi connectivity index (χ0v) is 18.2. The molecular weight excluding hydrogens is 390 g/mol. The lowest BCUT2D eigenvalue weighted by molar-refractivity contribution is 0.504. The fraction of sp³-hybridized carbons (Fsp3) is 0.292. The Balaban J connectivity index is 0.000000171. The largest absolute Gasteiger partial charge is 0.315 e. The van der Waals surface area contributed by atoms with Crippen molar-refractivity contribution in [2.24, 2.45) is 5.10 Å². The summed E-state index contributed by atoms with van der Waals surface area (Å²) < 4.78 is 0. The van der Waals surface area contributed by atoms with Crippen molar-refractivity contribution < 1.29 is 0 Å². The van der Waals surface area contributed by atoms with Crippen molar-refractivity contribution in [1.29, 1.82) is 0 Å². The van der Waals surface area contributed by atoms with E-state index in [1.807, 2.05) is 37.5 Å². The van der Waals surface area contributed by atoms with Crippen LogP contribution in [0.4, 0.5) is 0 Å². The lowest BCUT2D eigenvalue weighted by atomic mass is 10.1. The Labute approximate surface area is 184 Å². The summed E-state index contributed by atoms with van der Waals surface area (Å²) >= 11 is 5.12. The van der Waals surface area contributed by atoms with Crippen molar-refractivity contribution in [2.45, 2.75) is 31.3 Å². The average molecular weight is 420 g/mol. The van der Waals surface area contributed by atoms with Crippen LogP contribution in [0, 0.1) is 0 Å². The molecule has 1 unspecified atom stereocenters. The van der Waals surface area contributed by atoms with Crippen molar-refractivity contribution >= 4 is 34.7 Å². The molecule has 6 heteroatoms. The smallest absolute Gasteiger partial charge is 0.126 e. The minimum absolute atomic E-state index is 0.549. The van der Waals surface area contributed by atoms with E-state index in [9.17, 15) is 0 Å². The van der Waals surface area contributed by atoms with E-state index < -0.39 is 0 Å².